The summed E-state index contributed by atoms with van der Waals surface area (Å²) < 4.78 is 0.542. The molecule has 2 heteroatoms. The number of hydrogen-bond acceptors (Lipinski definition) is 0. The van der Waals surface area contributed by atoms with Gasteiger partial charge in [-0.2, -0.15) is 0 Å². The van der Waals surface area contributed by atoms with E-state index >= 15 is 0 Å². The van der Waals surface area contributed by atoms with Crippen molar-refractivity contribution in [2.75, 3.05) is 0 Å². The number of alkyl halides is 1. The second-order valence-corrected chi connectivity index (χ2v) is 7.44. The lowest BCUT2D eigenvalue weighted by molar-refractivity contribution is 0.994. The summed E-state index contributed by atoms with van der Waals surface area (Å²) in [4.78, 5) is 0. The molecule has 0 aliphatic carbocycles. The van der Waals surface area contributed by atoms with E-state index in [1.165, 1.54) is 17.0 Å². The molecule has 0 rings (SSSR count). The van der Waals surface area contributed by atoms with Crippen LogP contribution in [-0.4, -0.2) is 18.4 Å². The Morgan fingerprint density at radius 2 is 1.67 bits per heavy atom. The average molecular weight is 163 g/mol. The molecule has 0 saturated carbocycles. The van der Waals surface area contributed by atoms with Crippen LogP contribution in [0.1, 0.15) is 27.2 Å². The van der Waals surface area contributed by atoms with Crippen LogP contribution in [0, 0.1) is 0 Å². The molecule has 0 spiro atoms. The van der Waals surface area contributed by atoms with E-state index in [0.717, 1.165) is 0 Å². The quantitative estimate of drug-likeness (QED) is 0.440. The monoisotopic (exact) mass is 162 g/mol. The summed E-state index contributed by atoms with van der Waals surface area (Å²) in [5, 5.41) is 2.72. The van der Waals surface area contributed by atoms with Crippen molar-refractivity contribution < 1.29 is 0 Å². The summed E-state index contributed by atoms with van der Waals surface area (Å²) >= 11 is 5.57. The zero-order valence-electron chi connectivity index (χ0n) is 6.65. The average Bonchev–Trinajstić information content (AvgIpc) is 1.90. The van der Waals surface area contributed by atoms with Gasteiger partial charge in [-0.15, -0.1) is 11.6 Å². The van der Waals surface area contributed by atoms with Gasteiger partial charge in [-0.3, -0.25) is 0 Å². The fourth-order valence-corrected chi connectivity index (χ4v) is 4.47. The first kappa shape index (κ1) is 9.82. The van der Waals surface area contributed by atoms with Gasteiger partial charge in [0, 0.05) is 0 Å². The minimum absolute atomic E-state index is 0.521. The van der Waals surface area contributed by atoms with Gasteiger partial charge in [-0.05, 0) is 4.24 Å². The van der Waals surface area contributed by atoms with Crippen LogP contribution in [0.15, 0.2) is 0 Å². The Morgan fingerprint density at radius 3 is 1.78 bits per heavy atom. The van der Waals surface area contributed by atoms with E-state index in [1.807, 2.05) is 0 Å². The van der Waals surface area contributed by atoms with Crippen molar-refractivity contribution in [3.05, 3.63) is 0 Å². The molecule has 0 aliphatic heterocycles. The van der Waals surface area contributed by atoms with Crippen molar-refractivity contribution in [2.45, 2.75) is 42.0 Å². The minimum atomic E-state index is -0.521. The van der Waals surface area contributed by atoms with Crippen molar-refractivity contribution in [1.82, 2.24) is 0 Å². The smallest absolute Gasteiger partial charge is 0.139 e. The molecule has 0 heterocycles. The summed E-state index contributed by atoms with van der Waals surface area (Å²) in [6, 6.07) is 0. The van der Waals surface area contributed by atoms with Crippen LogP contribution >= 0.6 is 11.6 Å². The van der Waals surface area contributed by atoms with Crippen LogP contribution in [0.4, 0.5) is 0 Å². The lowest BCUT2D eigenvalue weighted by Crippen LogP contribution is -2.23. The first-order valence-electron chi connectivity index (χ1n) is 3.90. The molecule has 0 bridgehead atoms. The van der Waals surface area contributed by atoms with Crippen molar-refractivity contribution in [2.24, 2.45) is 0 Å². The van der Waals surface area contributed by atoms with E-state index in [0.29, 0.717) is 4.24 Å². The van der Waals surface area contributed by atoms with Gasteiger partial charge in [-0.25, -0.2) is 0 Å². The molecule has 0 aromatic carbocycles. The highest BCUT2D eigenvalue weighted by atomic mass is 35.5. The Balaban J connectivity index is 3.50. The van der Waals surface area contributed by atoms with Crippen LogP contribution in [-0.2, 0) is 0 Å². The first-order chi connectivity index (χ1) is 4.26. The summed E-state index contributed by atoms with van der Waals surface area (Å²) in [6.07, 6.45) is 1.17. The van der Waals surface area contributed by atoms with E-state index in [-0.39, 0.29) is 0 Å². The lowest BCUT2D eigenvalue weighted by Gasteiger charge is -2.10. The van der Waals surface area contributed by atoms with Crippen molar-refractivity contribution in [1.29, 1.82) is 0 Å². The molecule has 0 radical (unpaired) electrons. The zero-order chi connectivity index (χ0) is 7.28. The highest BCUT2D eigenvalue weighted by Gasteiger charge is 2.19. The van der Waals surface area contributed by atoms with Gasteiger partial charge in [0.05, 0.1) is 0 Å². The largest absolute Gasteiger partial charge is 0.287 e. The van der Waals surface area contributed by atoms with E-state index in [2.05, 4.69) is 20.8 Å². The Kier molecular flexibility index (Phi) is 6.11. The predicted molar refractivity (Wildman–Crippen MR) is 46.6 cm³/mol. The molecule has 1 atom stereocenters. The number of halogens is 1. The second-order valence-electron chi connectivity index (χ2n) is 2.50. The van der Waals surface area contributed by atoms with Crippen LogP contribution < -0.4 is 0 Å². The summed E-state index contributed by atoms with van der Waals surface area (Å²) in [5.74, 6) is 0. The molecule has 9 heavy (non-hydrogen) atoms. The van der Waals surface area contributed by atoms with Crippen molar-refractivity contribution in [3.63, 3.8) is 0 Å². The maximum atomic E-state index is 6.09. The molecule has 0 aromatic heterocycles. The van der Waals surface area contributed by atoms with Gasteiger partial charge in [0.2, 0.25) is 0 Å². The molecule has 0 N–H and O–H groups in total. The second kappa shape index (κ2) is 5.60. The van der Waals surface area contributed by atoms with Crippen LogP contribution in [0.2, 0.25) is 10.6 Å². The van der Waals surface area contributed by atoms with Crippen LogP contribution in [0.3, 0.4) is 0 Å². The molecule has 1 unspecified atom stereocenters. The maximum Gasteiger partial charge on any atom is 0.287 e. The Bertz CT molecular complexity index is 61.9. The highest BCUT2D eigenvalue weighted by Crippen LogP contribution is 2.12. The number of hydrogen-bond donors (Lipinski definition) is 0. The van der Waals surface area contributed by atoms with Gasteiger partial charge >= 0.3 is 0 Å². The van der Waals surface area contributed by atoms with Crippen LogP contribution in [0.25, 0.3) is 0 Å². The molecule has 0 aliphatic rings. The third kappa shape index (κ3) is 3.51. The molecule has 0 saturated heterocycles. The van der Waals surface area contributed by atoms with Gasteiger partial charge in [0.1, 0.15) is 0 Å². The topological polar surface area (TPSA) is 0 Å². The van der Waals surface area contributed by atoms with Gasteiger partial charge in [-0.1, -0.05) is 37.8 Å². The Hall–Kier alpha value is 0.822. The summed E-state index contributed by atoms with van der Waals surface area (Å²) in [7, 11) is 0. The summed E-state index contributed by atoms with van der Waals surface area (Å²) in [5.41, 5.74) is 0. The van der Waals surface area contributed by atoms with E-state index in [1.54, 1.807) is 0 Å². The predicted octanol–water partition coefficient (Wildman–Crippen LogP) is 3.08. The molecule has 0 nitrogen and oxygen atoms in total. The summed E-state index contributed by atoms with van der Waals surface area (Å²) in [6.45, 7) is 6.72. The molecule has 0 fully saturated rings. The van der Waals surface area contributed by atoms with Crippen molar-refractivity contribution >= 4 is 25.7 Å². The highest BCUT2D eigenvalue weighted by molar-refractivity contribution is 6.69. The minimum Gasteiger partial charge on any atom is -0.139 e. The van der Waals surface area contributed by atoms with Crippen LogP contribution in [0.5, 0.6) is 0 Å². The van der Waals surface area contributed by atoms with Gasteiger partial charge in [0.15, 0.2) is 0 Å². The van der Waals surface area contributed by atoms with Gasteiger partial charge < -0.3 is 0 Å². The van der Waals surface area contributed by atoms with Crippen molar-refractivity contribution in [3.8, 4) is 0 Å². The first-order valence-corrected chi connectivity index (χ1v) is 6.63. The molecular formula is C7H16AlCl. The maximum absolute atomic E-state index is 6.09. The number of rotatable bonds is 4. The third-order valence-electron chi connectivity index (χ3n) is 1.95. The third-order valence-corrected chi connectivity index (χ3v) is 6.92. The van der Waals surface area contributed by atoms with E-state index < -0.39 is 14.1 Å². The van der Waals surface area contributed by atoms with Gasteiger partial charge in [0.25, 0.3) is 14.1 Å². The SMILES string of the molecule is CC[CH](Cl)[Al]([CH2]C)[CH2]C. The lowest BCUT2D eigenvalue weighted by atomic mass is 10.6. The standard InChI is InChI=1S/C3H6Cl.2C2H5.Al/c1-2-3-4;2*1-2;/h3H,2H2,1H3;2*1H2,2H3;. The normalized spacial score (nSPS) is 13.3. The molecule has 0 aromatic rings. The Labute approximate surface area is 68.0 Å². The molecule has 54 valence electrons. The van der Waals surface area contributed by atoms with E-state index in [9.17, 15) is 0 Å². The fraction of sp³-hybridized carbons (Fsp3) is 1.00. The zero-order valence-corrected chi connectivity index (χ0v) is 8.56. The Morgan fingerprint density at radius 1 is 1.22 bits per heavy atom. The molecular weight excluding hydrogens is 147 g/mol. The fourth-order valence-electron chi connectivity index (χ4n) is 1.13. The molecule has 0 amide bonds. The van der Waals surface area contributed by atoms with E-state index in [4.69, 9.17) is 11.6 Å².